The first-order valence-electron chi connectivity index (χ1n) is 6.30. The highest BCUT2D eigenvalue weighted by Gasteiger charge is 2.21. The summed E-state index contributed by atoms with van der Waals surface area (Å²) in [5, 5.41) is 3.15. The van der Waals surface area contributed by atoms with Gasteiger partial charge in [0.05, 0.1) is 26.5 Å². The second-order valence-electron chi connectivity index (χ2n) is 4.36. The summed E-state index contributed by atoms with van der Waals surface area (Å²) in [6.07, 6.45) is 2.80. The number of methoxy groups -OCH3 is 2. The smallest absolute Gasteiger partial charge is 0.141 e. The molecular formula is C15H16BrFN2O2. The SMILES string of the molecule is CNC(c1cncc(F)c1)c1ccc(OC)c(Br)c1OC. The average Bonchev–Trinajstić information content (AvgIpc) is 2.48. The molecule has 0 spiro atoms. The van der Waals surface area contributed by atoms with Gasteiger partial charge in [0.2, 0.25) is 0 Å². The summed E-state index contributed by atoms with van der Waals surface area (Å²) in [6, 6.07) is 4.92. The van der Waals surface area contributed by atoms with Crippen molar-refractivity contribution in [3.8, 4) is 11.5 Å². The van der Waals surface area contributed by atoms with Gasteiger partial charge in [-0.2, -0.15) is 0 Å². The van der Waals surface area contributed by atoms with Crippen molar-refractivity contribution in [2.45, 2.75) is 6.04 Å². The van der Waals surface area contributed by atoms with Crippen molar-refractivity contribution in [3.05, 3.63) is 52.0 Å². The van der Waals surface area contributed by atoms with Gasteiger partial charge in [-0.3, -0.25) is 4.98 Å². The van der Waals surface area contributed by atoms with Gasteiger partial charge in [0.15, 0.2) is 0 Å². The van der Waals surface area contributed by atoms with E-state index in [4.69, 9.17) is 9.47 Å². The minimum atomic E-state index is -0.376. The van der Waals surface area contributed by atoms with Crippen LogP contribution in [0, 0.1) is 5.82 Å². The van der Waals surface area contributed by atoms with Crippen LogP contribution in [0.1, 0.15) is 17.2 Å². The summed E-state index contributed by atoms with van der Waals surface area (Å²) in [5.41, 5.74) is 1.58. The fourth-order valence-corrected chi connectivity index (χ4v) is 2.92. The molecule has 1 aromatic carbocycles. The molecule has 112 valence electrons. The van der Waals surface area contributed by atoms with Crippen molar-refractivity contribution in [1.82, 2.24) is 10.3 Å². The van der Waals surface area contributed by atoms with Crippen LogP contribution in [0.3, 0.4) is 0 Å². The molecule has 21 heavy (non-hydrogen) atoms. The number of benzene rings is 1. The molecule has 1 N–H and O–H groups in total. The van der Waals surface area contributed by atoms with Crippen molar-refractivity contribution >= 4 is 15.9 Å². The molecule has 0 saturated heterocycles. The van der Waals surface area contributed by atoms with E-state index in [9.17, 15) is 4.39 Å². The number of nitrogens with one attached hydrogen (secondary N) is 1. The summed E-state index contributed by atoms with van der Waals surface area (Å²) in [4.78, 5) is 3.90. The number of halogens is 2. The number of aromatic nitrogens is 1. The van der Waals surface area contributed by atoms with Crippen LogP contribution in [0.2, 0.25) is 0 Å². The molecule has 0 radical (unpaired) electrons. The Hall–Kier alpha value is -1.66. The largest absolute Gasteiger partial charge is 0.495 e. The minimum absolute atomic E-state index is 0.245. The van der Waals surface area contributed by atoms with Crippen molar-refractivity contribution in [1.29, 1.82) is 0 Å². The summed E-state index contributed by atoms with van der Waals surface area (Å²) in [6.45, 7) is 0. The molecule has 1 heterocycles. The van der Waals surface area contributed by atoms with Crippen LogP contribution >= 0.6 is 15.9 Å². The number of rotatable bonds is 5. The van der Waals surface area contributed by atoms with Gasteiger partial charge in [0, 0.05) is 11.8 Å². The normalized spacial score (nSPS) is 12.0. The fourth-order valence-electron chi connectivity index (χ4n) is 2.23. The van der Waals surface area contributed by atoms with E-state index in [1.807, 2.05) is 12.1 Å². The summed E-state index contributed by atoms with van der Waals surface area (Å²) in [5.74, 6) is 0.931. The lowest BCUT2D eigenvalue weighted by atomic mass is 9.99. The maximum Gasteiger partial charge on any atom is 0.141 e. The minimum Gasteiger partial charge on any atom is -0.495 e. The van der Waals surface area contributed by atoms with Crippen LogP contribution in [-0.2, 0) is 0 Å². The van der Waals surface area contributed by atoms with Crippen molar-refractivity contribution in [2.24, 2.45) is 0 Å². The van der Waals surface area contributed by atoms with Crippen LogP contribution < -0.4 is 14.8 Å². The molecule has 0 aliphatic heterocycles. The van der Waals surface area contributed by atoms with Crippen molar-refractivity contribution < 1.29 is 13.9 Å². The zero-order chi connectivity index (χ0) is 15.4. The maximum absolute atomic E-state index is 13.4. The molecule has 1 unspecified atom stereocenters. The number of hydrogen-bond acceptors (Lipinski definition) is 4. The molecular weight excluding hydrogens is 339 g/mol. The van der Waals surface area contributed by atoms with E-state index in [2.05, 4.69) is 26.2 Å². The number of ether oxygens (including phenoxy) is 2. The quantitative estimate of drug-likeness (QED) is 0.894. The molecule has 2 aromatic rings. The zero-order valence-electron chi connectivity index (χ0n) is 12.0. The van der Waals surface area contributed by atoms with Gasteiger partial charge >= 0.3 is 0 Å². The van der Waals surface area contributed by atoms with E-state index in [0.717, 1.165) is 10.0 Å². The number of pyridine rings is 1. The number of nitrogens with zero attached hydrogens (tertiary/aromatic N) is 1. The standard InChI is InChI=1S/C15H16BrFN2O2/c1-18-14(9-6-10(17)8-19-7-9)11-4-5-12(20-2)13(16)15(11)21-3/h4-8,14,18H,1-3H3. The predicted octanol–water partition coefficient (Wildman–Crippen LogP) is 3.31. The molecule has 1 atom stereocenters. The average molecular weight is 355 g/mol. The van der Waals surface area contributed by atoms with Gasteiger partial charge in [-0.05, 0) is 46.7 Å². The Morgan fingerprint density at radius 2 is 2.00 bits per heavy atom. The molecule has 0 amide bonds. The lowest BCUT2D eigenvalue weighted by Crippen LogP contribution is -2.19. The van der Waals surface area contributed by atoms with Gasteiger partial charge < -0.3 is 14.8 Å². The van der Waals surface area contributed by atoms with E-state index in [1.165, 1.54) is 12.3 Å². The van der Waals surface area contributed by atoms with Crippen LogP contribution in [0.5, 0.6) is 11.5 Å². The molecule has 2 rings (SSSR count). The van der Waals surface area contributed by atoms with E-state index in [1.54, 1.807) is 27.5 Å². The summed E-state index contributed by atoms with van der Waals surface area (Å²) < 4.78 is 24.9. The van der Waals surface area contributed by atoms with E-state index in [-0.39, 0.29) is 11.9 Å². The van der Waals surface area contributed by atoms with Crippen LogP contribution in [-0.4, -0.2) is 26.3 Å². The Balaban J connectivity index is 2.55. The molecule has 0 fully saturated rings. The lowest BCUT2D eigenvalue weighted by molar-refractivity contribution is 0.383. The lowest BCUT2D eigenvalue weighted by Gasteiger charge is -2.21. The second-order valence-corrected chi connectivity index (χ2v) is 5.16. The summed E-state index contributed by atoms with van der Waals surface area (Å²) in [7, 11) is 4.97. The maximum atomic E-state index is 13.4. The van der Waals surface area contributed by atoms with Crippen molar-refractivity contribution in [2.75, 3.05) is 21.3 Å². The van der Waals surface area contributed by atoms with Gasteiger partial charge in [-0.15, -0.1) is 0 Å². The Kier molecular flexibility index (Phi) is 5.14. The first kappa shape index (κ1) is 15.7. The molecule has 0 aliphatic carbocycles. The third-order valence-corrected chi connectivity index (χ3v) is 3.93. The van der Waals surface area contributed by atoms with Gasteiger partial charge in [-0.25, -0.2) is 4.39 Å². The highest BCUT2D eigenvalue weighted by Crippen LogP contribution is 2.41. The Labute approximate surface area is 131 Å². The number of hydrogen-bond donors (Lipinski definition) is 1. The van der Waals surface area contributed by atoms with Gasteiger partial charge in [-0.1, -0.05) is 0 Å². The van der Waals surface area contributed by atoms with Crippen molar-refractivity contribution in [3.63, 3.8) is 0 Å². The van der Waals surface area contributed by atoms with Crippen LogP contribution in [0.15, 0.2) is 35.1 Å². The van der Waals surface area contributed by atoms with Gasteiger partial charge in [0.25, 0.3) is 0 Å². The second kappa shape index (κ2) is 6.87. The highest BCUT2D eigenvalue weighted by atomic mass is 79.9. The molecule has 6 heteroatoms. The summed E-state index contributed by atoms with van der Waals surface area (Å²) >= 11 is 3.47. The fraction of sp³-hybridized carbons (Fsp3) is 0.267. The van der Waals surface area contributed by atoms with E-state index in [0.29, 0.717) is 17.1 Å². The molecule has 0 saturated carbocycles. The zero-order valence-corrected chi connectivity index (χ0v) is 13.6. The third-order valence-electron chi connectivity index (χ3n) is 3.18. The van der Waals surface area contributed by atoms with Crippen LogP contribution in [0.4, 0.5) is 4.39 Å². The first-order valence-corrected chi connectivity index (χ1v) is 7.09. The van der Waals surface area contributed by atoms with Gasteiger partial charge in [0.1, 0.15) is 21.8 Å². The molecule has 4 nitrogen and oxygen atoms in total. The van der Waals surface area contributed by atoms with E-state index >= 15 is 0 Å². The molecule has 1 aromatic heterocycles. The van der Waals surface area contributed by atoms with E-state index < -0.39 is 0 Å². The third kappa shape index (κ3) is 3.16. The Bertz CT molecular complexity index is 637. The Morgan fingerprint density at radius 1 is 1.24 bits per heavy atom. The predicted molar refractivity (Wildman–Crippen MR) is 82.3 cm³/mol. The Morgan fingerprint density at radius 3 is 2.57 bits per heavy atom. The molecule has 0 bridgehead atoms. The molecule has 0 aliphatic rings. The highest BCUT2D eigenvalue weighted by molar-refractivity contribution is 9.10. The monoisotopic (exact) mass is 354 g/mol. The topological polar surface area (TPSA) is 43.4 Å². The first-order chi connectivity index (χ1) is 10.1. The van der Waals surface area contributed by atoms with Crippen LogP contribution in [0.25, 0.3) is 0 Å².